The highest BCUT2D eigenvalue weighted by atomic mass is 14.5. The Morgan fingerprint density at radius 2 is 1.67 bits per heavy atom. The molecule has 1 saturated carbocycles. The Bertz CT molecular complexity index is 161. The molecule has 0 heteroatoms. The summed E-state index contributed by atoms with van der Waals surface area (Å²) in [4.78, 5) is 0. The van der Waals surface area contributed by atoms with Crippen molar-refractivity contribution < 1.29 is 0 Å². The second kappa shape index (κ2) is 6.55. The van der Waals surface area contributed by atoms with Crippen LogP contribution in [0.2, 0.25) is 0 Å². The minimum Gasteiger partial charge on any atom is -0.0654 e. The summed E-state index contributed by atoms with van der Waals surface area (Å²) < 4.78 is 0. The summed E-state index contributed by atoms with van der Waals surface area (Å²) in [5.74, 6) is 4.27. The molecule has 0 radical (unpaired) electrons. The van der Waals surface area contributed by atoms with E-state index in [-0.39, 0.29) is 0 Å². The standard InChI is InChI=1S/C15H30/c1-5-8-10-12(4)11-15-13(7-3)14(15)9-6-2/h12-15H,5-11H2,1-4H3. The third-order valence-electron chi connectivity index (χ3n) is 4.33. The SMILES string of the molecule is CCCCC(C)CC1C(CC)C1CCC. The monoisotopic (exact) mass is 210 g/mol. The first-order valence-electron chi connectivity index (χ1n) is 7.24. The molecule has 90 valence electrons. The highest BCUT2D eigenvalue weighted by molar-refractivity contribution is 4.96. The van der Waals surface area contributed by atoms with Gasteiger partial charge in [0.15, 0.2) is 0 Å². The molecular formula is C15H30. The van der Waals surface area contributed by atoms with Gasteiger partial charge in [-0.25, -0.2) is 0 Å². The van der Waals surface area contributed by atoms with Crippen LogP contribution >= 0.6 is 0 Å². The smallest absolute Gasteiger partial charge is 0.0349 e. The Morgan fingerprint density at radius 1 is 0.933 bits per heavy atom. The lowest BCUT2D eigenvalue weighted by Crippen LogP contribution is -1.97. The summed E-state index contributed by atoms with van der Waals surface area (Å²) >= 11 is 0. The van der Waals surface area contributed by atoms with E-state index < -0.39 is 0 Å². The fourth-order valence-corrected chi connectivity index (χ4v) is 3.38. The van der Waals surface area contributed by atoms with E-state index in [0.717, 1.165) is 23.7 Å². The van der Waals surface area contributed by atoms with Crippen molar-refractivity contribution in [1.29, 1.82) is 0 Å². The molecule has 0 nitrogen and oxygen atoms in total. The van der Waals surface area contributed by atoms with E-state index in [0.29, 0.717) is 0 Å². The highest BCUT2D eigenvalue weighted by Crippen LogP contribution is 2.54. The summed E-state index contributed by atoms with van der Waals surface area (Å²) in [6.45, 7) is 9.48. The summed E-state index contributed by atoms with van der Waals surface area (Å²) in [6, 6.07) is 0. The molecule has 1 aliphatic rings. The Labute approximate surface area is 96.8 Å². The first kappa shape index (κ1) is 13.1. The topological polar surface area (TPSA) is 0 Å². The van der Waals surface area contributed by atoms with Crippen LogP contribution in [0.15, 0.2) is 0 Å². The average molecular weight is 210 g/mol. The fourth-order valence-electron chi connectivity index (χ4n) is 3.38. The zero-order chi connectivity index (χ0) is 11.3. The lowest BCUT2D eigenvalue weighted by molar-refractivity contribution is 0.421. The van der Waals surface area contributed by atoms with Gasteiger partial charge in [0.25, 0.3) is 0 Å². The van der Waals surface area contributed by atoms with Crippen LogP contribution in [0.5, 0.6) is 0 Å². The van der Waals surface area contributed by atoms with E-state index in [1.54, 1.807) is 0 Å². The van der Waals surface area contributed by atoms with Crippen LogP contribution in [-0.2, 0) is 0 Å². The van der Waals surface area contributed by atoms with E-state index >= 15 is 0 Å². The van der Waals surface area contributed by atoms with Gasteiger partial charge in [-0.15, -0.1) is 0 Å². The molecule has 0 spiro atoms. The van der Waals surface area contributed by atoms with Crippen molar-refractivity contribution in [2.75, 3.05) is 0 Å². The van der Waals surface area contributed by atoms with Crippen LogP contribution in [0.1, 0.15) is 72.6 Å². The minimum absolute atomic E-state index is 0.978. The molecule has 0 aromatic rings. The molecule has 0 amide bonds. The Morgan fingerprint density at radius 3 is 2.20 bits per heavy atom. The van der Waals surface area contributed by atoms with Crippen LogP contribution in [0, 0.1) is 23.7 Å². The van der Waals surface area contributed by atoms with Crippen molar-refractivity contribution in [3.63, 3.8) is 0 Å². The second-order valence-electron chi connectivity index (χ2n) is 5.67. The van der Waals surface area contributed by atoms with E-state index in [1.807, 2.05) is 0 Å². The van der Waals surface area contributed by atoms with Gasteiger partial charge in [-0.05, 0) is 30.1 Å². The van der Waals surface area contributed by atoms with Crippen LogP contribution in [-0.4, -0.2) is 0 Å². The highest BCUT2D eigenvalue weighted by Gasteiger charge is 2.47. The molecule has 0 saturated heterocycles. The lowest BCUT2D eigenvalue weighted by atomic mass is 9.96. The Balaban J connectivity index is 2.20. The maximum atomic E-state index is 2.46. The molecule has 0 N–H and O–H groups in total. The third kappa shape index (κ3) is 3.81. The number of hydrogen-bond acceptors (Lipinski definition) is 0. The van der Waals surface area contributed by atoms with Gasteiger partial charge < -0.3 is 0 Å². The molecule has 1 fully saturated rings. The molecule has 0 aromatic heterocycles. The van der Waals surface area contributed by atoms with Gasteiger partial charge in [-0.3, -0.25) is 0 Å². The molecule has 1 aliphatic carbocycles. The molecule has 0 aliphatic heterocycles. The summed E-state index contributed by atoms with van der Waals surface area (Å²) in [7, 11) is 0. The predicted octanol–water partition coefficient (Wildman–Crippen LogP) is 5.28. The first-order chi connectivity index (χ1) is 7.24. The maximum absolute atomic E-state index is 2.46. The van der Waals surface area contributed by atoms with Crippen molar-refractivity contribution in [3.8, 4) is 0 Å². The molecule has 15 heavy (non-hydrogen) atoms. The van der Waals surface area contributed by atoms with Crippen LogP contribution in [0.3, 0.4) is 0 Å². The summed E-state index contributed by atoms with van der Waals surface area (Å²) in [5.41, 5.74) is 0. The molecule has 4 atom stereocenters. The quantitative estimate of drug-likeness (QED) is 0.511. The van der Waals surface area contributed by atoms with Crippen molar-refractivity contribution in [2.24, 2.45) is 23.7 Å². The zero-order valence-corrected chi connectivity index (χ0v) is 11.3. The second-order valence-corrected chi connectivity index (χ2v) is 5.67. The van der Waals surface area contributed by atoms with Crippen LogP contribution in [0.25, 0.3) is 0 Å². The third-order valence-corrected chi connectivity index (χ3v) is 4.33. The van der Waals surface area contributed by atoms with Gasteiger partial charge in [0, 0.05) is 0 Å². The summed E-state index contributed by atoms with van der Waals surface area (Å²) in [5, 5.41) is 0. The van der Waals surface area contributed by atoms with Gasteiger partial charge in [0.05, 0.1) is 0 Å². The molecule has 0 bridgehead atoms. The number of rotatable bonds is 8. The van der Waals surface area contributed by atoms with Crippen molar-refractivity contribution in [1.82, 2.24) is 0 Å². The van der Waals surface area contributed by atoms with Crippen LogP contribution in [0.4, 0.5) is 0 Å². The Hall–Kier alpha value is 0. The van der Waals surface area contributed by atoms with Gasteiger partial charge in [0.2, 0.25) is 0 Å². The largest absolute Gasteiger partial charge is 0.0654 e. The first-order valence-corrected chi connectivity index (χ1v) is 7.24. The number of unbranched alkanes of at least 4 members (excludes halogenated alkanes) is 1. The van der Waals surface area contributed by atoms with Crippen molar-refractivity contribution in [3.05, 3.63) is 0 Å². The van der Waals surface area contributed by atoms with Gasteiger partial charge in [0.1, 0.15) is 0 Å². The Kier molecular flexibility index (Phi) is 5.71. The maximum Gasteiger partial charge on any atom is -0.0349 e. The molecule has 0 aromatic carbocycles. The normalized spacial score (nSPS) is 31.6. The van der Waals surface area contributed by atoms with Crippen LogP contribution < -0.4 is 0 Å². The predicted molar refractivity (Wildman–Crippen MR) is 69.0 cm³/mol. The van der Waals surface area contributed by atoms with Gasteiger partial charge >= 0.3 is 0 Å². The number of hydrogen-bond donors (Lipinski definition) is 0. The van der Waals surface area contributed by atoms with E-state index in [4.69, 9.17) is 0 Å². The van der Waals surface area contributed by atoms with Crippen molar-refractivity contribution in [2.45, 2.75) is 72.6 Å². The lowest BCUT2D eigenvalue weighted by Gasteiger charge is -2.10. The average Bonchev–Trinajstić information content (AvgIpc) is 2.88. The van der Waals surface area contributed by atoms with Gasteiger partial charge in [-0.1, -0.05) is 66.2 Å². The molecule has 0 heterocycles. The summed E-state index contributed by atoms with van der Waals surface area (Å²) in [6.07, 6.45) is 10.1. The molecule has 1 rings (SSSR count). The zero-order valence-electron chi connectivity index (χ0n) is 11.3. The van der Waals surface area contributed by atoms with Gasteiger partial charge in [-0.2, -0.15) is 0 Å². The molecule has 4 unspecified atom stereocenters. The molecular weight excluding hydrogens is 180 g/mol. The van der Waals surface area contributed by atoms with E-state index in [1.165, 1.54) is 44.9 Å². The fraction of sp³-hybridized carbons (Fsp3) is 1.00. The van der Waals surface area contributed by atoms with E-state index in [9.17, 15) is 0 Å². The minimum atomic E-state index is 0.978. The van der Waals surface area contributed by atoms with Crippen molar-refractivity contribution >= 4 is 0 Å². The van der Waals surface area contributed by atoms with E-state index in [2.05, 4.69) is 27.7 Å².